The Balaban J connectivity index is 1.61. The fraction of sp³-hybridized carbons (Fsp3) is 0.304. The number of imide groups is 1. The maximum Gasteiger partial charge on any atom is 0.293 e. The molecule has 0 atom stereocenters. The third-order valence-electron chi connectivity index (χ3n) is 4.85. The Morgan fingerprint density at radius 1 is 1.17 bits per heavy atom. The normalized spacial score (nSPS) is 15.7. The minimum atomic E-state index is -0.336. The van der Waals surface area contributed by atoms with Crippen LogP contribution in [0.1, 0.15) is 47.8 Å². The molecule has 1 fully saturated rings. The van der Waals surface area contributed by atoms with E-state index in [9.17, 15) is 14.4 Å². The van der Waals surface area contributed by atoms with Crippen LogP contribution in [0.2, 0.25) is 0 Å². The largest absolute Gasteiger partial charge is 0.350 e. The number of benzene rings is 1. The van der Waals surface area contributed by atoms with Crippen LogP contribution in [0.5, 0.6) is 0 Å². The number of carbonyl (C=O) groups excluding carboxylic acids is 3. The van der Waals surface area contributed by atoms with Gasteiger partial charge in [-0.05, 0) is 52.9 Å². The molecule has 3 amide bonds. The smallest absolute Gasteiger partial charge is 0.293 e. The molecule has 3 rings (SSSR count). The van der Waals surface area contributed by atoms with Gasteiger partial charge in [0.25, 0.3) is 17.1 Å². The van der Waals surface area contributed by atoms with Gasteiger partial charge >= 0.3 is 0 Å². The molecule has 6 nitrogen and oxygen atoms in total. The summed E-state index contributed by atoms with van der Waals surface area (Å²) in [5.74, 6) is -0.612. The molecule has 0 spiro atoms. The SMILES string of the molecule is Cc1ccncc1C(=O)NCCN1C(=O)S/C(=C/c2ccc(C(C)(C)C)cc2)C1=O. The van der Waals surface area contributed by atoms with E-state index in [1.54, 1.807) is 18.3 Å². The zero-order valence-electron chi connectivity index (χ0n) is 17.6. The molecule has 0 saturated carbocycles. The number of aromatic nitrogens is 1. The van der Waals surface area contributed by atoms with Gasteiger partial charge in [0.2, 0.25) is 0 Å². The summed E-state index contributed by atoms with van der Waals surface area (Å²) >= 11 is 0.920. The van der Waals surface area contributed by atoms with Crippen molar-refractivity contribution in [2.45, 2.75) is 33.1 Å². The van der Waals surface area contributed by atoms with Crippen LogP contribution in [-0.4, -0.2) is 40.0 Å². The number of pyridine rings is 1. The third-order valence-corrected chi connectivity index (χ3v) is 5.76. The first-order valence-corrected chi connectivity index (χ1v) is 10.5. The monoisotopic (exact) mass is 423 g/mol. The lowest BCUT2D eigenvalue weighted by Crippen LogP contribution is -2.37. The molecule has 0 unspecified atom stereocenters. The lowest BCUT2D eigenvalue weighted by Gasteiger charge is -2.18. The maximum atomic E-state index is 12.6. The van der Waals surface area contributed by atoms with Crippen LogP contribution < -0.4 is 5.32 Å². The van der Waals surface area contributed by atoms with Gasteiger partial charge < -0.3 is 5.32 Å². The Hall–Kier alpha value is -2.93. The molecule has 2 heterocycles. The zero-order chi connectivity index (χ0) is 21.9. The lowest BCUT2D eigenvalue weighted by molar-refractivity contribution is -0.122. The second-order valence-electron chi connectivity index (χ2n) is 8.15. The van der Waals surface area contributed by atoms with E-state index in [0.29, 0.717) is 10.5 Å². The number of carbonyl (C=O) groups is 3. The van der Waals surface area contributed by atoms with E-state index in [1.165, 1.54) is 11.8 Å². The molecule has 2 aromatic rings. The Kier molecular flexibility index (Phi) is 6.41. The Labute approximate surface area is 180 Å². The number of rotatable bonds is 5. The van der Waals surface area contributed by atoms with Crippen molar-refractivity contribution in [3.63, 3.8) is 0 Å². The summed E-state index contributed by atoms with van der Waals surface area (Å²) in [6, 6.07) is 9.72. The molecular formula is C23H25N3O3S. The van der Waals surface area contributed by atoms with E-state index in [0.717, 1.165) is 27.8 Å². The van der Waals surface area contributed by atoms with Gasteiger partial charge in [-0.1, -0.05) is 45.0 Å². The van der Waals surface area contributed by atoms with Crippen LogP contribution in [0.15, 0.2) is 47.6 Å². The van der Waals surface area contributed by atoms with Crippen molar-refractivity contribution < 1.29 is 14.4 Å². The first kappa shape index (κ1) is 21.8. The van der Waals surface area contributed by atoms with Crippen molar-refractivity contribution in [3.8, 4) is 0 Å². The minimum Gasteiger partial charge on any atom is -0.350 e. The first-order valence-electron chi connectivity index (χ1n) is 9.71. The summed E-state index contributed by atoms with van der Waals surface area (Å²) in [7, 11) is 0. The highest BCUT2D eigenvalue weighted by Gasteiger charge is 2.34. The van der Waals surface area contributed by atoms with Crippen molar-refractivity contribution >= 4 is 34.9 Å². The Bertz CT molecular complexity index is 1010. The molecule has 0 aliphatic carbocycles. The first-order chi connectivity index (χ1) is 14.2. The molecule has 0 radical (unpaired) electrons. The molecule has 1 aromatic heterocycles. The van der Waals surface area contributed by atoms with Gasteiger partial charge in [0, 0.05) is 25.5 Å². The van der Waals surface area contributed by atoms with E-state index in [1.807, 2.05) is 31.2 Å². The molecule has 1 N–H and O–H groups in total. The number of hydrogen-bond donors (Lipinski definition) is 1. The Morgan fingerprint density at radius 2 is 1.87 bits per heavy atom. The molecular weight excluding hydrogens is 398 g/mol. The summed E-state index contributed by atoms with van der Waals surface area (Å²) in [5, 5.41) is 2.41. The van der Waals surface area contributed by atoms with Crippen LogP contribution in [0.25, 0.3) is 6.08 Å². The maximum absolute atomic E-state index is 12.6. The highest BCUT2D eigenvalue weighted by molar-refractivity contribution is 8.18. The second-order valence-corrected chi connectivity index (χ2v) is 9.15. The molecule has 1 aromatic carbocycles. The van der Waals surface area contributed by atoms with Gasteiger partial charge in [0.15, 0.2) is 0 Å². The van der Waals surface area contributed by atoms with Crippen LogP contribution in [0, 0.1) is 6.92 Å². The van der Waals surface area contributed by atoms with Crippen molar-refractivity contribution in [1.29, 1.82) is 0 Å². The molecule has 1 saturated heterocycles. The number of aryl methyl sites for hydroxylation is 1. The van der Waals surface area contributed by atoms with E-state index in [4.69, 9.17) is 0 Å². The molecule has 1 aliphatic rings. The van der Waals surface area contributed by atoms with Crippen molar-refractivity contribution in [3.05, 3.63) is 69.9 Å². The summed E-state index contributed by atoms with van der Waals surface area (Å²) in [6.45, 7) is 8.55. The standard InChI is InChI=1S/C23H25N3O3S/c1-15-9-10-24-14-18(15)20(27)25-11-12-26-21(28)19(30-22(26)29)13-16-5-7-17(8-6-16)23(2,3)4/h5-10,13-14H,11-12H2,1-4H3,(H,25,27)/b19-13+. The van der Waals surface area contributed by atoms with Crippen LogP contribution >= 0.6 is 11.8 Å². The fourth-order valence-electron chi connectivity index (χ4n) is 3.00. The van der Waals surface area contributed by atoms with Gasteiger partial charge in [0.05, 0.1) is 10.5 Å². The molecule has 0 bridgehead atoms. The van der Waals surface area contributed by atoms with E-state index >= 15 is 0 Å². The minimum absolute atomic E-state index is 0.0507. The van der Waals surface area contributed by atoms with Crippen molar-refractivity contribution in [2.75, 3.05) is 13.1 Å². The van der Waals surface area contributed by atoms with Crippen molar-refractivity contribution in [1.82, 2.24) is 15.2 Å². The molecule has 30 heavy (non-hydrogen) atoms. The summed E-state index contributed by atoms with van der Waals surface area (Å²) < 4.78 is 0. The van der Waals surface area contributed by atoms with Crippen LogP contribution in [0.4, 0.5) is 4.79 Å². The van der Waals surface area contributed by atoms with Crippen molar-refractivity contribution in [2.24, 2.45) is 0 Å². The molecule has 1 aliphatic heterocycles. The van der Waals surface area contributed by atoms with Gasteiger partial charge in [-0.15, -0.1) is 0 Å². The van der Waals surface area contributed by atoms with Gasteiger partial charge in [-0.3, -0.25) is 24.3 Å². The lowest BCUT2D eigenvalue weighted by atomic mass is 9.87. The predicted molar refractivity (Wildman–Crippen MR) is 119 cm³/mol. The average Bonchev–Trinajstić information content (AvgIpc) is 2.95. The topological polar surface area (TPSA) is 79.4 Å². The number of hydrogen-bond acceptors (Lipinski definition) is 5. The van der Waals surface area contributed by atoms with E-state index < -0.39 is 0 Å². The summed E-state index contributed by atoms with van der Waals surface area (Å²) in [6.07, 6.45) is 4.85. The molecule has 7 heteroatoms. The van der Waals surface area contributed by atoms with E-state index in [2.05, 4.69) is 31.1 Å². The quantitative estimate of drug-likeness (QED) is 0.731. The van der Waals surface area contributed by atoms with Gasteiger partial charge in [-0.2, -0.15) is 0 Å². The number of thioether (sulfide) groups is 1. The highest BCUT2D eigenvalue weighted by Crippen LogP contribution is 2.32. The Morgan fingerprint density at radius 3 is 2.50 bits per heavy atom. The summed E-state index contributed by atoms with van der Waals surface area (Å²) in [4.78, 5) is 42.7. The third kappa shape index (κ3) is 4.97. The number of amides is 3. The summed E-state index contributed by atoms with van der Waals surface area (Å²) in [5.41, 5.74) is 3.41. The van der Waals surface area contributed by atoms with E-state index in [-0.39, 0.29) is 35.6 Å². The predicted octanol–water partition coefficient (Wildman–Crippen LogP) is 4.15. The highest BCUT2D eigenvalue weighted by atomic mass is 32.2. The number of nitrogens with one attached hydrogen (secondary N) is 1. The number of nitrogens with zero attached hydrogens (tertiary/aromatic N) is 2. The fourth-order valence-corrected chi connectivity index (χ4v) is 3.87. The second kappa shape index (κ2) is 8.83. The van der Waals surface area contributed by atoms with Gasteiger partial charge in [-0.25, -0.2) is 0 Å². The van der Waals surface area contributed by atoms with Crippen LogP contribution in [0.3, 0.4) is 0 Å². The average molecular weight is 424 g/mol. The van der Waals surface area contributed by atoms with Gasteiger partial charge in [0.1, 0.15) is 0 Å². The zero-order valence-corrected chi connectivity index (χ0v) is 18.4. The van der Waals surface area contributed by atoms with Crippen LogP contribution in [-0.2, 0) is 10.2 Å². The molecule has 156 valence electrons.